The number of carbonyl (C=O) groups is 2. The highest BCUT2D eigenvalue weighted by atomic mass is 32.2. The highest BCUT2D eigenvalue weighted by Crippen LogP contribution is 2.31. The smallest absolute Gasteiger partial charge is 0.305 e. The molecule has 1 aliphatic rings. The van der Waals surface area contributed by atoms with Gasteiger partial charge in [0, 0.05) is 6.54 Å². The van der Waals surface area contributed by atoms with Gasteiger partial charge in [-0.15, -0.1) is 0 Å². The third-order valence-corrected chi connectivity index (χ3v) is 5.32. The Bertz CT molecular complexity index is 837. The Morgan fingerprint density at radius 2 is 1.89 bits per heavy atom. The van der Waals surface area contributed by atoms with E-state index in [-0.39, 0.29) is 12.3 Å². The van der Waals surface area contributed by atoms with E-state index < -0.39 is 11.2 Å². The van der Waals surface area contributed by atoms with Gasteiger partial charge in [-0.05, 0) is 36.2 Å². The second-order valence-corrected chi connectivity index (χ2v) is 7.19. The van der Waals surface area contributed by atoms with Gasteiger partial charge in [0.05, 0.1) is 19.2 Å². The summed E-state index contributed by atoms with van der Waals surface area (Å²) >= 11 is 1.22. The molecule has 2 aromatic rings. The molecule has 1 aliphatic heterocycles. The number of carboxylic acids is 1. The van der Waals surface area contributed by atoms with Crippen LogP contribution < -0.4 is 4.74 Å². The van der Waals surface area contributed by atoms with E-state index in [4.69, 9.17) is 9.84 Å². The molecular weight excluding hydrogens is 364 g/mol. The number of para-hydroxylation sites is 1. The summed E-state index contributed by atoms with van der Waals surface area (Å²) in [4.78, 5) is 29.9. The highest BCUT2D eigenvalue weighted by molar-refractivity contribution is 8.15. The van der Waals surface area contributed by atoms with Crippen molar-refractivity contribution in [2.75, 3.05) is 13.7 Å². The van der Waals surface area contributed by atoms with E-state index in [1.54, 1.807) is 12.0 Å². The van der Waals surface area contributed by atoms with Gasteiger partial charge < -0.3 is 9.84 Å². The van der Waals surface area contributed by atoms with Gasteiger partial charge in [-0.3, -0.25) is 14.5 Å². The lowest BCUT2D eigenvalue weighted by molar-refractivity contribution is -0.139. The highest BCUT2D eigenvalue weighted by Gasteiger charge is 2.38. The van der Waals surface area contributed by atoms with E-state index in [1.807, 2.05) is 54.6 Å². The van der Waals surface area contributed by atoms with Crippen LogP contribution in [-0.4, -0.2) is 46.0 Å². The standard InChI is InChI=1S/C20H20N2O4S/c1-26-16-9-7-14(8-10-16)11-12-22-19(25)17(13-18(23)24)27-20(22)21-15-5-3-2-4-6-15/h2-10,17H,11-13H2,1H3,(H,23,24)/t17-/m0/s1. The van der Waals surface area contributed by atoms with E-state index in [9.17, 15) is 9.59 Å². The Balaban J connectivity index is 1.78. The topological polar surface area (TPSA) is 79.2 Å². The molecule has 1 heterocycles. The lowest BCUT2D eigenvalue weighted by Crippen LogP contribution is -2.34. The summed E-state index contributed by atoms with van der Waals surface area (Å²) < 4.78 is 5.16. The molecule has 0 spiro atoms. The zero-order valence-electron chi connectivity index (χ0n) is 14.9. The summed E-state index contributed by atoms with van der Waals surface area (Å²) in [5, 5.41) is 8.98. The van der Waals surface area contributed by atoms with Crippen molar-refractivity contribution in [3.8, 4) is 5.75 Å². The van der Waals surface area contributed by atoms with Crippen LogP contribution in [0.3, 0.4) is 0 Å². The van der Waals surface area contributed by atoms with E-state index >= 15 is 0 Å². The molecule has 0 bridgehead atoms. The third-order valence-electron chi connectivity index (χ3n) is 4.14. The lowest BCUT2D eigenvalue weighted by atomic mass is 10.1. The van der Waals surface area contributed by atoms with Gasteiger partial charge in [0.25, 0.3) is 0 Å². The van der Waals surface area contributed by atoms with Crippen molar-refractivity contribution < 1.29 is 19.4 Å². The summed E-state index contributed by atoms with van der Waals surface area (Å²) in [6.07, 6.45) is 0.431. The zero-order chi connectivity index (χ0) is 19.2. The predicted octanol–water partition coefficient (Wildman–Crippen LogP) is 3.34. The molecule has 6 nitrogen and oxygen atoms in total. The predicted molar refractivity (Wildman–Crippen MR) is 106 cm³/mol. The van der Waals surface area contributed by atoms with Gasteiger partial charge >= 0.3 is 5.97 Å². The van der Waals surface area contributed by atoms with Gasteiger partial charge in [-0.1, -0.05) is 42.1 Å². The van der Waals surface area contributed by atoms with Gasteiger partial charge in [-0.25, -0.2) is 4.99 Å². The number of hydrogen-bond acceptors (Lipinski definition) is 5. The quantitative estimate of drug-likeness (QED) is 0.792. The molecule has 0 aliphatic carbocycles. The van der Waals surface area contributed by atoms with Crippen molar-refractivity contribution in [2.45, 2.75) is 18.1 Å². The number of benzene rings is 2. The van der Waals surface area contributed by atoms with Crippen molar-refractivity contribution in [3.05, 3.63) is 60.2 Å². The minimum absolute atomic E-state index is 0.203. The van der Waals surface area contributed by atoms with E-state index in [2.05, 4.69) is 4.99 Å². The molecule has 27 heavy (non-hydrogen) atoms. The van der Waals surface area contributed by atoms with E-state index in [0.717, 1.165) is 17.0 Å². The average Bonchev–Trinajstić information content (AvgIpc) is 2.95. The first-order valence-corrected chi connectivity index (χ1v) is 9.41. The van der Waals surface area contributed by atoms with Gasteiger partial charge in [0.1, 0.15) is 11.0 Å². The van der Waals surface area contributed by atoms with Gasteiger partial charge in [0.2, 0.25) is 5.91 Å². The molecule has 1 fully saturated rings. The molecule has 1 saturated heterocycles. The molecule has 0 radical (unpaired) electrons. The van der Waals surface area contributed by atoms with Crippen LogP contribution in [0, 0.1) is 0 Å². The Morgan fingerprint density at radius 1 is 1.19 bits per heavy atom. The molecule has 2 aromatic carbocycles. The van der Waals surface area contributed by atoms with Crippen LogP contribution in [0.15, 0.2) is 59.6 Å². The van der Waals surface area contributed by atoms with Crippen LogP contribution >= 0.6 is 11.8 Å². The van der Waals surface area contributed by atoms with Gasteiger partial charge in [0.15, 0.2) is 5.17 Å². The minimum atomic E-state index is -0.989. The average molecular weight is 384 g/mol. The van der Waals surface area contributed by atoms with Gasteiger partial charge in [-0.2, -0.15) is 0 Å². The molecule has 0 aromatic heterocycles. The van der Waals surface area contributed by atoms with Crippen molar-refractivity contribution >= 4 is 34.5 Å². The number of ether oxygens (including phenoxy) is 1. The van der Waals surface area contributed by atoms with Crippen LogP contribution in [0.2, 0.25) is 0 Å². The third kappa shape index (κ3) is 4.89. The number of thioether (sulfide) groups is 1. The van der Waals surface area contributed by atoms with E-state index in [0.29, 0.717) is 18.1 Å². The number of amides is 1. The maximum atomic E-state index is 12.7. The van der Waals surface area contributed by atoms with Crippen molar-refractivity contribution in [3.63, 3.8) is 0 Å². The summed E-state index contributed by atoms with van der Waals surface area (Å²) in [7, 11) is 1.62. The Morgan fingerprint density at radius 3 is 2.52 bits per heavy atom. The van der Waals surface area contributed by atoms with E-state index in [1.165, 1.54) is 11.8 Å². The minimum Gasteiger partial charge on any atom is -0.497 e. The molecule has 140 valence electrons. The number of carbonyl (C=O) groups excluding carboxylic acids is 1. The van der Waals surface area contributed by atoms with Crippen LogP contribution in [0.4, 0.5) is 5.69 Å². The van der Waals surface area contributed by atoms with Crippen LogP contribution in [0.25, 0.3) is 0 Å². The number of methoxy groups -OCH3 is 1. The van der Waals surface area contributed by atoms with Crippen LogP contribution in [0.5, 0.6) is 5.75 Å². The fourth-order valence-corrected chi connectivity index (χ4v) is 3.91. The second kappa shape index (κ2) is 8.73. The first-order chi connectivity index (χ1) is 13.1. The maximum Gasteiger partial charge on any atom is 0.305 e. The Hall–Kier alpha value is -2.80. The molecule has 3 rings (SSSR count). The van der Waals surface area contributed by atoms with Crippen LogP contribution in [0.1, 0.15) is 12.0 Å². The molecule has 0 unspecified atom stereocenters. The number of rotatable bonds is 7. The van der Waals surface area contributed by atoms with Crippen LogP contribution in [-0.2, 0) is 16.0 Å². The monoisotopic (exact) mass is 384 g/mol. The first kappa shape index (κ1) is 19.0. The number of amidine groups is 1. The summed E-state index contributed by atoms with van der Waals surface area (Å²) in [5.41, 5.74) is 1.80. The number of hydrogen-bond donors (Lipinski definition) is 1. The van der Waals surface area contributed by atoms with Crippen molar-refractivity contribution in [1.82, 2.24) is 4.90 Å². The van der Waals surface area contributed by atoms with Crippen molar-refractivity contribution in [1.29, 1.82) is 0 Å². The molecule has 1 N–H and O–H groups in total. The fourth-order valence-electron chi connectivity index (χ4n) is 2.74. The SMILES string of the molecule is COc1ccc(CCN2C(=O)[C@H](CC(=O)O)SC2=Nc2ccccc2)cc1. The lowest BCUT2D eigenvalue weighted by Gasteiger charge is -2.16. The largest absolute Gasteiger partial charge is 0.497 e. The Labute approximate surface area is 161 Å². The number of aliphatic imine (C=N–C) groups is 1. The second-order valence-electron chi connectivity index (χ2n) is 6.02. The molecule has 0 saturated carbocycles. The normalized spacial score (nSPS) is 18.1. The Kier molecular flexibility index (Phi) is 6.13. The zero-order valence-corrected chi connectivity index (χ0v) is 15.7. The molecule has 7 heteroatoms. The van der Waals surface area contributed by atoms with Crippen molar-refractivity contribution in [2.24, 2.45) is 4.99 Å². The molecule has 1 atom stereocenters. The summed E-state index contributed by atoms with van der Waals surface area (Å²) in [5.74, 6) is -0.415. The maximum absolute atomic E-state index is 12.7. The first-order valence-electron chi connectivity index (χ1n) is 8.53. The molecular formula is C20H20N2O4S. The fraction of sp³-hybridized carbons (Fsp3) is 0.250. The number of carboxylic acid groups (broad SMARTS) is 1. The summed E-state index contributed by atoms with van der Waals surface area (Å²) in [6.45, 7) is 0.444. The molecule has 1 amide bonds. The number of nitrogens with zero attached hydrogens (tertiary/aromatic N) is 2. The number of aliphatic carboxylic acids is 1. The summed E-state index contributed by atoms with van der Waals surface area (Å²) in [6, 6.07) is 17.0.